The van der Waals surface area contributed by atoms with Crippen molar-refractivity contribution in [3.63, 3.8) is 0 Å². The molecule has 0 aliphatic carbocycles. The second kappa shape index (κ2) is 7.65. The zero-order valence-corrected chi connectivity index (χ0v) is 15.8. The maximum absolute atomic E-state index is 12.3. The highest BCUT2D eigenvalue weighted by atomic mass is 32.1. The summed E-state index contributed by atoms with van der Waals surface area (Å²) in [5, 5.41) is 0. The lowest BCUT2D eigenvalue weighted by atomic mass is 10.1. The fourth-order valence-corrected chi connectivity index (χ4v) is 3.69. The Hall–Kier alpha value is -2.41. The van der Waals surface area contributed by atoms with Crippen LogP contribution in [0.3, 0.4) is 0 Å². The van der Waals surface area contributed by atoms with Crippen LogP contribution < -0.4 is 0 Å². The molecule has 7 heteroatoms. The molecule has 0 atom stereocenters. The summed E-state index contributed by atoms with van der Waals surface area (Å²) in [6.07, 6.45) is 0.847. The van der Waals surface area contributed by atoms with Crippen molar-refractivity contribution in [2.75, 3.05) is 13.7 Å². The van der Waals surface area contributed by atoms with E-state index in [1.54, 1.807) is 19.9 Å². The van der Waals surface area contributed by atoms with Gasteiger partial charge in [0.25, 0.3) is 0 Å². The standard InChI is InChI=1S/C18H21NO5S/c1-6-13-9(2)7-14(25-13)17(21)24-8-12(20)16-10(3)15(11(4)19-16)18(22)23-5/h7,19H,6,8H2,1-5H3. The maximum Gasteiger partial charge on any atom is 0.348 e. The summed E-state index contributed by atoms with van der Waals surface area (Å²) < 4.78 is 9.85. The molecule has 25 heavy (non-hydrogen) atoms. The molecule has 134 valence electrons. The summed E-state index contributed by atoms with van der Waals surface area (Å²) in [5.41, 5.74) is 2.66. The number of carbonyl (C=O) groups is 3. The Bertz CT molecular complexity index is 831. The van der Waals surface area contributed by atoms with Gasteiger partial charge in [0.1, 0.15) is 4.88 Å². The van der Waals surface area contributed by atoms with Gasteiger partial charge in [0.05, 0.1) is 18.4 Å². The first-order valence-electron chi connectivity index (χ1n) is 7.87. The third-order valence-corrected chi connectivity index (χ3v) is 5.34. The van der Waals surface area contributed by atoms with E-state index in [0.717, 1.165) is 16.9 Å². The molecule has 2 rings (SSSR count). The van der Waals surface area contributed by atoms with Crippen LogP contribution in [0, 0.1) is 20.8 Å². The van der Waals surface area contributed by atoms with Crippen molar-refractivity contribution in [3.05, 3.63) is 43.9 Å². The minimum Gasteiger partial charge on any atom is -0.465 e. The van der Waals surface area contributed by atoms with Crippen molar-refractivity contribution in [1.82, 2.24) is 4.98 Å². The van der Waals surface area contributed by atoms with E-state index in [9.17, 15) is 14.4 Å². The summed E-state index contributed by atoms with van der Waals surface area (Å²) in [7, 11) is 1.28. The molecule has 0 amide bonds. The molecule has 0 aliphatic heterocycles. The van der Waals surface area contributed by atoms with Gasteiger partial charge in [-0.1, -0.05) is 6.92 Å². The van der Waals surface area contributed by atoms with E-state index < -0.39 is 24.3 Å². The lowest BCUT2D eigenvalue weighted by molar-refractivity contribution is 0.0477. The first-order valence-corrected chi connectivity index (χ1v) is 8.68. The number of esters is 2. The molecule has 0 fully saturated rings. The molecule has 0 bridgehead atoms. The molecule has 0 saturated heterocycles. The van der Waals surface area contributed by atoms with E-state index in [1.807, 2.05) is 13.8 Å². The number of rotatable bonds is 6. The summed E-state index contributed by atoms with van der Waals surface area (Å²) in [4.78, 5) is 40.7. The number of ketones is 1. The summed E-state index contributed by atoms with van der Waals surface area (Å²) in [6, 6.07) is 1.77. The van der Waals surface area contributed by atoms with Crippen LogP contribution in [0.5, 0.6) is 0 Å². The largest absolute Gasteiger partial charge is 0.465 e. The van der Waals surface area contributed by atoms with Crippen LogP contribution >= 0.6 is 11.3 Å². The van der Waals surface area contributed by atoms with Crippen molar-refractivity contribution in [2.45, 2.75) is 34.1 Å². The average molecular weight is 363 g/mol. The first kappa shape index (κ1) is 18.9. The monoisotopic (exact) mass is 363 g/mol. The number of H-pyrrole nitrogens is 1. The molecular formula is C18H21NO5S. The molecular weight excluding hydrogens is 342 g/mol. The van der Waals surface area contributed by atoms with Gasteiger partial charge >= 0.3 is 11.9 Å². The number of Topliss-reactive ketones (excluding diaryl/α,β-unsaturated/α-hetero) is 1. The van der Waals surface area contributed by atoms with Gasteiger partial charge in [-0.2, -0.15) is 0 Å². The molecule has 2 aromatic heterocycles. The average Bonchev–Trinajstić information content (AvgIpc) is 3.11. The fraction of sp³-hybridized carbons (Fsp3) is 0.389. The molecule has 0 spiro atoms. The third kappa shape index (κ3) is 3.82. The molecule has 1 N–H and O–H groups in total. The van der Waals surface area contributed by atoms with Crippen molar-refractivity contribution in [3.8, 4) is 0 Å². The van der Waals surface area contributed by atoms with Gasteiger partial charge in [-0.3, -0.25) is 4.79 Å². The van der Waals surface area contributed by atoms with Gasteiger partial charge in [0, 0.05) is 10.6 Å². The highest BCUT2D eigenvalue weighted by Gasteiger charge is 2.23. The second-order valence-electron chi connectivity index (χ2n) is 5.69. The second-order valence-corrected chi connectivity index (χ2v) is 6.82. The number of thiophene rings is 1. The minimum atomic E-state index is -0.518. The predicted molar refractivity (Wildman–Crippen MR) is 94.7 cm³/mol. The van der Waals surface area contributed by atoms with Crippen LogP contribution in [0.4, 0.5) is 0 Å². The van der Waals surface area contributed by atoms with Crippen LogP contribution in [0.25, 0.3) is 0 Å². The number of aryl methyl sites for hydroxylation is 3. The number of hydrogen-bond acceptors (Lipinski definition) is 6. The van der Waals surface area contributed by atoms with Crippen LogP contribution in [0.2, 0.25) is 0 Å². The number of carbonyl (C=O) groups excluding carboxylic acids is 3. The molecule has 0 aromatic carbocycles. The predicted octanol–water partition coefficient (Wildman–Crippen LogP) is 3.39. The lowest BCUT2D eigenvalue weighted by Crippen LogP contribution is -2.15. The number of ether oxygens (including phenoxy) is 2. The van der Waals surface area contributed by atoms with E-state index >= 15 is 0 Å². The number of nitrogens with one attached hydrogen (secondary N) is 1. The van der Waals surface area contributed by atoms with Crippen molar-refractivity contribution < 1.29 is 23.9 Å². The Kier molecular flexibility index (Phi) is 5.79. The third-order valence-electron chi connectivity index (χ3n) is 3.98. The highest BCUT2D eigenvalue weighted by molar-refractivity contribution is 7.14. The number of methoxy groups -OCH3 is 1. The van der Waals surface area contributed by atoms with Gasteiger partial charge in [0.2, 0.25) is 5.78 Å². The number of hydrogen-bond donors (Lipinski definition) is 1. The summed E-state index contributed by atoms with van der Waals surface area (Å²) in [5.74, 6) is -1.42. The SMILES string of the molecule is CCc1sc(C(=O)OCC(=O)c2[nH]c(C)c(C(=O)OC)c2C)cc1C. The normalized spacial score (nSPS) is 10.6. The Morgan fingerprint density at radius 2 is 1.84 bits per heavy atom. The molecule has 2 heterocycles. The quantitative estimate of drug-likeness (QED) is 0.628. The maximum atomic E-state index is 12.3. The minimum absolute atomic E-state index is 0.252. The Morgan fingerprint density at radius 3 is 2.40 bits per heavy atom. The molecule has 0 radical (unpaired) electrons. The first-order chi connectivity index (χ1) is 11.8. The summed E-state index contributed by atoms with van der Waals surface area (Å²) in [6.45, 7) is 6.91. The highest BCUT2D eigenvalue weighted by Crippen LogP contribution is 2.23. The van der Waals surface area contributed by atoms with E-state index in [2.05, 4.69) is 4.98 Å². The molecule has 0 unspecified atom stereocenters. The van der Waals surface area contributed by atoms with Gasteiger partial charge < -0.3 is 14.5 Å². The molecule has 0 saturated carbocycles. The molecule has 2 aromatic rings. The van der Waals surface area contributed by atoms with Gasteiger partial charge in [-0.25, -0.2) is 9.59 Å². The van der Waals surface area contributed by atoms with Gasteiger partial charge in [-0.05, 0) is 44.4 Å². The summed E-state index contributed by atoms with van der Waals surface area (Å²) >= 11 is 1.38. The topological polar surface area (TPSA) is 85.5 Å². The van der Waals surface area contributed by atoms with Crippen LogP contribution in [-0.4, -0.2) is 36.4 Å². The van der Waals surface area contributed by atoms with Crippen LogP contribution in [0.1, 0.15) is 59.1 Å². The Balaban J connectivity index is 2.10. The number of aromatic amines is 1. The van der Waals surface area contributed by atoms with E-state index in [-0.39, 0.29) is 5.69 Å². The van der Waals surface area contributed by atoms with E-state index in [4.69, 9.17) is 9.47 Å². The van der Waals surface area contributed by atoms with Crippen molar-refractivity contribution in [1.29, 1.82) is 0 Å². The smallest absolute Gasteiger partial charge is 0.348 e. The molecule has 0 aliphatic rings. The van der Waals surface area contributed by atoms with Crippen LogP contribution in [-0.2, 0) is 15.9 Å². The lowest BCUT2D eigenvalue weighted by Gasteiger charge is -2.03. The molecule has 6 nitrogen and oxygen atoms in total. The van der Waals surface area contributed by atoms with Gasteiger partial charge in [0.15, 0.2) is 6.61 Å². The van der Waals surface area contributed by atoms with Crippen LogP contribution in [0.15, 0.2) is 6.07 Å². The van der Waals surface area contributed by atoms with E-state index in [0.29, 0.717) is 21.7 Å². The van der Waals surface area contributed by atoms with Crippen molar-refractivity contribution in [2.24, 2.45) is 0 Å². The van der Waals surface area contributed by atoms with E-state index in [1.165, 1.54) is 18.4 Å². The number of aromatic nitrogens is 1. The zero-order valence-electron chi connectivity index (χ0n) is 14.9. The van der Waals surface area contributed by atoms with Gasteiger partial charge in [-0.15, -0.1) is 11.3 Å². The Labute approximate surface area is 150 Å². The van der Waals surface area contributed by atoms with Crippen molar-refractivity contribution >= 4 is 29.1 Å². The fourth-order valence-electron chi connectivity index (χ4n) is 2.68. The Morgan fingerprint density at radius 1 is 1.16 bits per heavy atom. The zero-order chi connectivity index (χ0) is 18.7.